The highest BCUT2D eigenvalue weighted by molar-refractivity contribution is 5.19. The maximum absolute atomic E-state index is 6.26. The van der Waals surface area contributed by atoms with Crippen LogP contribution in [-0.2, 0) is 0 Å². The molecule has 100 valence electrons. The summed E-state index contributed by atoms with van der Waals surface area (Å²) in [6.45, 7) is 0. The van der Waals surface area contributed by atoms with Gasteiger partial charge in [0.2, 0.25) is 0 Å². The monoisotopic (exact) mass is 246 g/mol. The van der Waals surface area contributed by atoms with Gasteiger partial charge in [-0.15, -0.1) is 0 Å². The molecule has 0 amide bonds. The van der Waals surface area contributed by atoms with Gasteiger partial charge in [0.05, 0.1) is 0 Å². The van der Waals surface area contributed by atoms with Gasteiger partial charge in [-0.05, 0) is 68.6 Å². The Bertz CT molecular complexity index is 338. The van der Waals surface area contributed by atoms with E-state index in [4.69, 9.17) is 5.73 Å². The topological polar surface area (TPSA) is 29.3 Å². The highest BCUT2D eigenvalue weighted by Gasteiger charge is 2.68. The standard InChI is InChI=1S/C16H26N2/c17-11-7-12-2-1-3-13(8-11)18(12)16-14-9-4-5-10(6-9)15(14)16/h9-16H,1-8,17H2. The van der Waals surface area contributed by atoms with E-state index in [0.717, 1.165) is 41.8 Å². The number of nitrogens with zero attached hydrogens (tertiary/aromatic N) is 1. The number of fused-ring (bicyclic) bond motifs is 7. The molecule has 3 saturated carbocycles. The molecule has 0 spiro atoms. The molecule has 5 aliphatic rings. The first-order valence-corrected chi connectivity index (χ1v) is 8.36. The van der Waals surface area contributed by atoms with Crippen LogP contribution in [-0.4, -0.2) is 29.1 Å². The highest BCUT2D eigenvalue weighted by atomic mass is 15.3. The van der Waals surface area contributed by atoms with Crippen molar-refractivity contribution in [3.63, 3.8) is 0 Å². The molecular formula is C16H26N2. The lowest BCUT2D eigenvalue weighted by atomic mass is 9.81. The van der Waals surface area contributed by atoms with Gasteiger partial charge in [0.15, 0.2) is 0 Å². The molecule has 5 rings (SSSR count). The van der Waals surface area contributed by atoms with Crippen LogP contribution in [0.15, 0.2) is 0 Å². The smallest absolute Gasteiger partial charge is 0.0170 e. The van der Waals surface area contributed by atoms with E-state index >= 15 is 0 Å². The molecule has 0 radical (unpaired) electrons. The Balaban J connectivity index is 1.41. The Hall–Kier alpha value is -0.0800. The third kappa shape index (κ3) is 1.27. The fraction of sp³-hybridized carbons (Fsp3) is 1.00. The molecule has 3 aliphatic carbocycles. The van der Waals surface area contributed by atoms with Crippen molar-refractivity contribution in [1.29, 1.82) is 0 Å². The molecule has 6 unspecified atom stereocenters. The summed E-state index contributed by atoms with van der Waals surface area (Å²) in [5.41, 5.74) is 6.26. The van der Waals surface area contributed by atoms with Crippen LogP contribution in [0, 0.1) is 23.7 Å². The predicted octanol–water partition coefficient (Wildman–Crippen LogP) is 2.38. The molecule has 6 atom stereocenters. The summed E-state index contributed by atoms with van der Waals surface area (Å²) in [5.74, 6) is 4.50. The second kappa shape index (κ2) is 3.52. The summed E-state index contributed by atoms with van der Waals surface area (Å²) in [6.07, 6.45) is 11.6. The molecule has 2 saturated heterocycles. The van der Waals surface area contributed by atoms with E-state index in [9.17, 15) is 0 Å². The number of piperidine rings is 2. The van der Waals surface area contributed by atoms with Gasteiger partial charge in [-0.3, -0.25) is 4.90 Å². The average Bonchev–Trinajstić information content (AvgIpc) is 2.75. The van der Waals surface area contributed by atoms with Crippen molar-refractivity contribution in [2.75, 3.05) is 0 Å². The number of nitrogens with two attached hydrogens (primary N) is 1. The summed E-state index contributed by atoms with van der Waals surface area (Å²) < 4.78 is 0. The third-order valence-electron chi connectivity index (χ3n) is 7.11. The maximum Gasteiger partial charge on any atom is 0.0170 e. The molecule has 5 fully saturated rings. The molecule has 0 aromatic heterocycles. The van der Waals surface area contributed by atoms with Gasteiger partial charge in [-0.1, -0.05) is 6.42 Å². The summed E-state index contributed by atoms with van der Waals surface area (Å²) in [4.78, 5) is 3.01. The Morgan fingerprint density at radius 2 is 1.39 bits per heavy atom. The minimum absolute atomic E-state index is 0.506. The molecule has 2 N–H and O–H groups in total. The van der Waals surface area contributed by atoms with Gasteiger partial charge >= 0.3 is 0 Å². The van der Waals surface area contributed by atoms with E-state index in [-0.39, 0.29) is 0 Å². The van der Waals surface area contributed by atoms with E-state index in [0.29, 0.717) is 6.04 Å². The second-order valence-corrected chi connectivity index (χ2v) is 7.90. The van der Waals surface area contributed by atoms with Crippen LogP contribution in [0.1, 0.15) is 51.4 Å². The second-order valence-electron chi connectivity index (χ2n) is 7.90. The van der Waals surface area contributed by atoms with Crippen molar-refractivity contribution in [3.05, 3.63) is 0 Å². The molecule has 2 heteroatoms. The van der Waals surface area contributed by atoms with Gasteiger partial charge < -0.3 is 5.73 Å². The van der Waals surface area contributed by atoms with Crippen LogP contribution >= 0.6 is 0 Å². The van der Waals surface area contributed by atoms with E-state index in [2.05, 4.69) is 4.90 Å². The van der Waals surface area contributed by atoms with Crippen molar-refractivity contribution in [3.8, 4) is 0 Å². The van der Waals surface area contributed by atoms with Crippen LogP contribution in [0.25, 0.3) is 0 Å². The van der Waals surface area contributed by atoms with Gasteiger partial charge in [0, 0.05) is 24.2 Å². The van der Waals surface area contributed by atoms with E-state index in [1.54, 1.807) is 19.3 Å². The maximum atomic E-state index is 6.26. The number of hydrogen-bond acceptors (Lipinski definition) is 2. The predicted molar refractivity (Wildman–Crippen MR) is 72.1 cm³/mol. The summed E-state index contributed by atoms with van der Waals surface area (Å²) >= 11 is 0. The van der Waals surface area contributed by atoms with Gasteiger partial charge in [-0.25, -0.2) is 0 Å². The minimum Gasteiger partial charge on any atom is -0.328 e. The first-order chi connectivity index (χ1) is 8.83. The fourth-order valence-electron chi connectivity index (χ4n) is 6.62. The molecule has 4 bridgehead atoms. The third-order valence-corrected chi connectivity index (χ3v) is 7.11. The molecule has 2 nitrogen and oxygen atoms in total. The van der Waals surface area contributed by atoms with E-state index < -0.39 is 0 Å². The molecule has 2 aliphatic heterocycles. The van der Waals surface area contributed by atoms with E-state index in [1.165, 1.54) is 32.1 Å². The summed E-state index contributed by atoms with van der Waals surface area (Å²) in [6, 6.07) is 3.25. The minimum atomic E-state index is 0.506. The Kier molecular flexibility index (Phi) is 2.09. The summed E-state index contributed by atoms with van der Waals surface area (Å²) in [5, 5.41) is 0. The van der Waals surface area contributed by atoms with Gasteiger partial charge in [0.1, 0.15) is 0 Å². The van der Waals surface area contributed by atoms with Crippen LogP contribution in [0.2, 0.25) is 0 Å². The van der Waals surface area contributed by atoms with Crippen molar-refractivity contribution in [1.82, 2.24) is 4.90 Å². The number of rotatable bonds is 1. The van der Waals surface area contributed by atoms with Gasteiger partial charge in [-0.2, -0.15) is 0 Å². The molecule has 0 aromatic rings. The molecule has 18 heavy (non-hydrogen) atoms. The van der Waals surface area contributed by atoms with Crippen molar-refractivity contribution < 1.29 is 0 Å². The molecule has 0 aromatic carbocycles. The fourth-order valence-corrected chi connectivity index (χ4v) is 6.62. The summed E-state index contributed by atoms with van der Waals surface area (Å²) in [7, 11) is 0. The first kappa shape index (κ1) is 10.7. The van der Waals surface area contributed by atoms with Gasteiger partial charge in [0.25, 0.3) is 0 Å². The van der Waals surface area contributed by atoms with Crippen molar-refractivity contribution in [2.24, 2.45) is 29.4 Å². The SMILES string of the molecule is NC1CC2CCCC(C1)N2C1C2C3CCC(C3)C21. The zero-order valence-electron chi connectivity index (χ0n) is 11.3. The molecular weight excluding hydrogens is 220 g/mol. The van der Waals surface area contributed by atoms with Crippen molar-refractivity contribution >= 4 is 0 Å². The van der Waals surface area contributed by atoms with Crippen LogP contribution < -0.4 is 5.73 Å². The number of hydrogen-bond donors (Lipinski definition) is 1. The normalized spacial score (nSPS) is 61.8. The molecule has 2 heterocycles. The Morgan fingerprint density at radius 3 is 2.00 bits per heavy atom. The Morgan fingerprint density at radius 1 is 0.778 bits per heavy atom. The Labute approximate surface area is 110 Å². The quantitative estimate of drug-likeness (QED) is 0.769. The average molecular weight is 246 g/mol. The van der Waals surface area contributed by atoms with Crippen molar-refractivity contribution in [2.45, 2.75) is 75.5 Å². The largest absolute Gasteiger partial charge is 0.328 e. The zero-order chi connectivity index (χ0) is 11.9. The van der Waals surface area contributed by atoms with Crippen LogP contribution in [0.3, 0.4) is 0 Å². The van der Waals surface area contributed by atoms with Crippen LogP contribution in [0.4, 0.5) is 0 Å². The lowest BCUT2D eigenvalue weighted by Crippen LogP contribution is -2.57. The first-order valence-electron chi connectivity index (χ1n) is 8.36. The lowest BCUT2D eigenvalue weighted by molar-refractivity contribution is 0.0108. The van der Waals surface area contributed by atoms with E-state index in [1.807, 2.05) is 0 Å². The lowest BCUT2D eigenvalue weighted by Gasteiger charge is -2.49. The highest BCUT2D eigenvalue weighted by Crippen LogP contribution is 2.68. The van der Waals surface area contributed by atoms with Crippen LogP contribution in [0.5, 0.6) is 0 Å². The zero-order valence-corrected chi connectivity index (χ0v) is 11.3.